The van der Waals surface area contributed by atoms with Gasteiger partial charge in [-0.05, 0) is 62.6 Å². The van der Waals surface area contributed by atoms with Gasteiger partial charge in [0.1, 0.15) is 17.1 Å². The van der Waals surface area contributed by atoms with Crippen LogP contribution in [0.5, 0.6) is 23.0 Å². The lowest BCUT2D eigenvalue weighted by atomic mass is 9.87. The van der Waals surface area contributed by atoms with Crippen molar-refractivity contribution in [3.8, 4) is 23.0 Å². The number of aromatic amines is 1. The van der Waals surface area contributed by atoms with Crippen molar-refractivity contribution >= 4 is 11.9 Å². The summed E-state index contributed by atoms with van der Waals surface area (Å²) in [4.78, 5) is 40.9. The minimum Gasteiger partial charge on any atom is -0.506 e. The van der Waals surface area contributed by atoms with Crippen molar-refractivity contribution in [2.24, 2.45) is 0 Å². The van der Waals surface area contributed by atoms with Gasteiger partial charge in [-0.25, -0.2) is 4.79 Å². The lowest BCUT2D eigenvalue weighted by molar-refractivity contribution is -0.121. The second-order valence-electron chi connectivity index (χ2n) is 8.79. The third kappa shape index (κ3) is 7.56. The number of rotatable bonds is 14. The van der Waals surface area contributed by atoms with Crippen molar-refractivity contribution in [1.82, 2.24) is 10.3 Å². The first-order chi connectivity index (χ1) is 19.3. The van der Waals surface area contributed by atoms with E-state index in [1.54, 1.807) is 31.2 Å². The van der Waals surface area contributed by atoms with Crippen LogP contribution in [0.2, 0.25) is 0 Å². The van der Waals surface area contributed by atoms with E-state index in [0.29, 0.717) is 49.0 Å². The zero-order valence-corrected chi connectivity index (χ0v) is 23.2. The zero-order chi connectivity index (χ0) is 29.1. The number of aromatic hydroxyl groups is 1. The van der Waals surface area contributed by atoms with E-state index in [1.165, 1.54) is 7.11 Å². The maximum atomic E-state index is 13.1. The average molecular weight is 553 g/mol. The van der Waals surface area contributed by atoms with Gasteiger partial charge in [-0.2, -0.15) is 0 Å². The molecule has 1 amide bonds. The largest absolute Gasteiger partial charge is 0.506 e. The van der Waals surface area contributed by atoms with Crippen LogP contribution in [0.4, 0.5) is 0 Å². The van der Waals surface area contributed by atoms with E-state index in [4.69, 9.17) is 18.9 Å². The highest BCUT2D eigenvalue weighted by atomic mass is 16.5. The summed E-state index contributed by atoms with van der Waals surface area (Å²) in [5.41, 5.74) is 0.646. The monoisotopic (exact) mass is 552 g/mol. The first-order valence-corrected chi connectivity index (χ1v) is 13.2. The number of amides is 1. The van der Waals surface area contributed by atoms with Crippen molar-refractivity contribution in [2.75, 3.05) is 33.5 Å². The van der Waals surface area contributed by atoms with Gasteiger partial charge in [-0.1, -0.05) is 18.2 Å². The maximum absolute atomic E-state index is 13.1. The Hall–Kier alpha value is -4.47. The highest BCUT2D eigenvalue weighted by Gasteiger charge is 2.28. The summed E-state index contributed by atoms with van der Waals surface area (Å²) in [6, 6.07) is 12.5. The Morgan fingerprint density at radius 1 is 0.975 bits per heavy atom. The van der Waals surface area contributed by atoms with Crippen molar-refractivity contribution in [1.29, 1.82) is 0 Å². The van der Waals surface area contributed by atoms with Gasteiger partial charge in [0.25, 0.3) is 5.56 Å². The summed E-state index contributed by atoms with van der Waals surface area (Å²) >= 11 is 0. The number of H-pyrrole nitrogens is 1. The Bertz CT molecular complexity index is 1350. The molecule has 0 radical (unpaired) electrons. The number of carbonyl (C=O) groups excluding carboxylic acids is 2. The van der Waals surface area contributed by atoms with E-state index in [0.717, 1.165) is 11.8 Å². The molecular weight excluding hydrogens is 516 g/mol. The van der Waals surface area contributed by atoms with E-state index in [1.807, 2.05) is 32.0 Å². The standard InChI is InChI=1S/C30H36N2O8/c1-5-38-24-13-8-19(16-25(24)39-6-2)14-15-31-26(33)17-22(20-9-11-21(37-4)12-10-20)27-28(34)23(18-32-29(27)35)30(36)40-7-3/h8-13,16,18,22H,5-7,14-15,17H2,1-4H3,(H,31,33)(H2,32,34,35). The smallest absolute Gasteiger partial charge is 0.343 e. The summed E-state index contributed by atoms with van der Waals surface area (Å²) in [7, 11) is 1.53. The predicted molar refractivity (Wildman–Crippen MR) is 150 cm³/mol. The minimum absolute atomic E-state index is 0.0947. The molecule has 3 aromatic rings. The Morgan fingerprint density at radius 3 is 2.33 bits per heavy atom. The zero-order valence-electron chi connectivity index (χ0n) is 23.2. The SMILES string of the molecule is CCOC(=O)c1c[nH]c(=O)c(C(CC(=O)NCCc2ccc(OCC)c(OCC)c2)c2ccc(OC)cc2)c1O. The second-order valence-corrected chi connectivity index (χ2v) is 8.79. The van der Waals surface area contributed by atoms with E-state index < -0.39 is 23.2 Å². The summed E-state index contributed by atoms with van der Waals surface area (Å²) in [6.07, 6.45) is 1.50. The molecule has 0 aliphatic heterocycles. The van der Waals surface area contributed by atoms with Gasteiger partial charge >= 0.3 is 5.97 Å². The molecule has 2 aromatic carbocycles. The van der Waals surface area contributed by atoms with Crippen LogP contribution in [-0.2, 0) is 16.0 Å². The van der Waals surface area contributed by atoms with Gasteiger partial charge in [0, 0.05) is 25.1 Å². The van der Waals surface area contributed by atoms with Crippen molar-refractivity contribution in [3.05, 3.63) is 81.3 Å². The molecule has 10 heteroatoms. The molecule has 3 N–H and O–H groups in total. The summed E-state index contributed by atoms with van der Waals surface area (Å²) < 4.78 is 21.5. The van der Waals surface area contributed by atoms with Gasteiger partial charge in [0.2, 0.25) is 5.91 Å². The van der Waals surface area contributed by atoms with E-state index >= 15 is 0 Å². The molecular formula is C30H36N2O8. The molecule has 0 aliphatic rings. The number of pyridine rings is 1. The molecule has 3 rings (SSSR count). The first kappa shape index (κ1) is 30.1. The van der Waals surface area contributed by atoms with Crippen molar-refractivity contribution < 1.29 is 33.6 Å². The van der Waals surface area contributed by atoms with Crippen LogP contribution in [0, 0.1) is 0 Å². The number of nitrogens with one attached hydrogen (secondary N) is 2. The lowest BCUT2D eigenvalue weighted by Crippen LogP contribution is -2.29. The first-order valence-electron chi connectivity index (χ1n) is 13.2. The summed E-state index contributed by atoms with van der Waals surface area (Å²) in [5.74, 6) is -0.590. The van der Waals surface area contributed by atoms with Crippen LogP contribution in [0.3, 0.4) is 0 Å². The second kappa shape index (κ2) is 14.6. The molecule has 1 aromatic heterocycles. The Balaban J connectivity index is 1.82. The van der Waals surface area contributed by atoms with Gasteiger partial charge in [0.05, 0.1) is 32.5 Å². The van der Waals surface area contributed by atoms with Crippen LogP contribution < -0.4 is 25.1 Å². The number of carbonyl (C=O) groups is 2. The van der Waals surface area contributed by atoms with Gasteiger partial charge in [-0.15, -0.1) is 0 Å². The van der Waals surface area contributed by atoms with Crippen LogP contribution in [0.25, 0.3) is 0 Å². The molecule has 10 nitrogen and oxygen atoms in total. The van der Waals surface area contributed by atoms with Crippen LogP contribution in [0.1, 0.15) is 60.2 Å². The summed E-state index contributed by atoms with van der Waals surface area (Å²) in [6.45, 7) is 6.88. The molecule has 1 heterocycles. The van der Waals surface area contributed by atoms with E-state index in [2.05, 4.69) is 10.3 Å². The van der Waals surface area contributed by atoms with Crippen LogP contribution in [-0.4, -0.2) is 55.4 Å². The molecule has 0 aliphatic carbocycles. The molecule has 0 bridgehead atoms. The lowest BCUT2D eigenvalue weighted by Gasteiger charge is -2.19. The van der Waals surface area contributed by atoms with Gasteiger partial charge < -0.3 is 34.4 Å². The number of hydrogen-bond acceptors (Lipinski definition) is 8. The number of benzene rings is 2. The Labute approximate surface area is 233 Å². The minimum atomic E-state index is -0.848. The predicted octanol–water partition coefficient (Wildman–Crippen LogP) is 3.94. The van der Waals surface area contributed by atoms with Gasteiger partial charge in [0.15, 0.2) is 11.5 Å². The van der Waals surface area contributed by atoms with Crippen molar-refractivity contribution in [3.63, 3.8) is 0 Å². The highest BCUT2D eigenvalue weighted by molar-refractivity contribution is 5.92. The average Bonchev–Trinajstić information content (AvgIpc) is 2.94. The number of methoxy groups -OCH3 is 1. The molecule has 0 fully saturated rings. The highest BCUT2D eigenvalue weighted by Crippen LogP contribution is 2.34. The fourth-order valence-corrected chi connectivity index (χ4v) is 4.30. The topological polar surface area (TPSA) is 136 Å². The maximum Gasteiger partial charge on any atom is 0.343 e. The third-order valence-corrected chi connectivity index (χ3v) is 6.20. The molecule has 0 saturated heterocycles. The molecule has 214 valence electrons. The summed E-state index contributed by atoms with van der Waals surface area (Å²) in [5, 5.41) is 13.9. The number of ether oxygens (including phenoxy) is 4. The van der Waals surface area contributed by atoms with Crippen LogP contribution >= 0.6 is 0 Å². The van der Waals surface area contributed by atoms with Gasteiger partial charge in [-0.3, -0.25) is 9.59 Å². The van der Waals surface area contributed by atoms with Crippen LogP contribution in [0.15, 0.2) is 53.5 Å². The van der Waals surface area contributed by atoms with E-state index in [-0.39, 0.29) is 30.1 Å². The number of aromatic nitrogens is 1. The normalized spacial score (nSPS) is 11.4. The van der Waals surface area contributed by atoms with E-state index in [9.17, 15) is 19.5 Å². The molecule has 0 spiro atoms. The third-order valence-electron chi connectivity index (χ3n) is 6.20. The molecule has 40 heavy (non-hydrogen) atoms. The number of esters is 1. The fraction of sp³-hybridized carbons (Fsp3) is 0.367. The fourth-order valence-electron chi connectivity index (χ4n) is 4.30. The Kier molecular flexibility index (Phi) is 11.0. The quantitative estimate of drug-likeness (QED) is 0.256. The van der Waals surface area contributed by atoms with Crippen molar-refractivity contribution in [2.45, 2.75) is 39.5 Å². The molecule has 0 saturated carbocycles. The Morgan fingerprint density at radius 2 is 1.68 bits per heavy atom. The molecule has 1 unspecified atom stereocenters. The molecule has 1 atom stereocenters. The number of hydrogen-bond donors (Lipinski definition) is 3.